The summed E-state index contributed by atoms with van der Waals surface area (Å²) in [4.78, 5) is 4.23. The lowest BCUT2D eigenvalue weighted by molar-refractivity contribution is 0.0456. The van der Waals surface area contributed by atoms with Crippen LogP contribution in [0.5, 0.6) is 11.6 Å². The second-order valence-corrected chi connectivity index (χ2v) is 8.04. The molecule has 23 heavy (non-hydrogen) atoms. The number of benzene rings is 1. The van der Waals surface area contributed by atoms with E-state index in [0.717, 1.165) is 31.7 Å². The average Bonchev–Trinajstić information content (AvgIpc) is 2.51. The predicted octanol–water partition coefficient (Wildman–Crippen LogP) is 5.51. The molecule has 0 unspecified atom stereocenters. The van der Waals surface area contributed by atoms with Crippen molar-refractivity contribution in [2.24, 2.45) is 5.92 Å². The second-order valence-electron chi connectivity index (χ2n) is 5.59. The zero-order chi connectivity index (χ0) is 16.4. The lowest BCUT2D eigenvalue weighted by Crippen LogP contribution is -2.38. The van der Waals surface area contributed by atoms with E-state index in [2.05, 4.69) is 49.6 Å². The third-order valence-electron chi connectivity index (χ3n) is 4.13. The molecule has 3 nitrogen and oxygen atoms in total. The van der Waals surface area contributed by atoms with Crippen LogP contribution in [0.15, 0.2) is 34.9 Å². The first-order valence-electron chi connectivity index (χ1n) is 7.37. The minimum atomic E-state index is 0.237. The van der Waals surface area contributed by atoms with Crippen molar-refractivity contribution in [3.8, 4) is 11.6 Å². The Labute approximate surface area is 163 Å². The van der Waals surface area contributed by atoms with Crippen LogP contribution < -0.4 is 9.47 Å². The smallest absolute Gasteiger partial charge is 0.214 e. The Morgan fingerprint density at radius 1 is 1.35 bits per heavy atom. The van der Waals surface area contributed by atoms with Gasteiger partial charge in [0, 0.05) is 21.5 Å². The lowest BCUT2D eigenvalue weighted by Gasteiger charge is -2.37. The van der Waals surface area contributed by atoms with Crippen molar-refractivity contribution in [3.05, 3.63) is 49.1 Å². The topological polar surface area (TPSA) is 31.4 Å². The Bertz CT molecular complexity index is 713. The van der Waals surface area contributed by atoms with Gasteiger partial charge >= 0.3 is 0 Å². The molecule has 0 saturated heterocycles. The minimum Gasteiger partial charge on any atom is -0.487 e. The van der Waals surface area contributed by atoms with E-state index >= 15 is 0 Å². The average molecular weight is 509 g/mol. The molecule has 3 rings (SSSR count). The van der Waals surface area contributed by atoms with Crippen LogP contribution in [0.1, 0.15) is 18.4 Å². The minimum absolute atomic E-state index is 0.237. The van der Waals surface area contributed by atoms with E-state index < -0.39 is 0 Å². The first-order valence-corrected chi connectivity index (χ1v) is 9.62. The summed E-state index contributed by atoms with van der Waals surface area (Å²) < 4.78 is 13.4. The van der Waals surface area contributed by atoms with Crippen molar-refractivity contribution in [2.45, 2.75) is 25.4 Å². The van der Waals surface area contributed by atoms with Gasteiger partial charge in [-0.2, -0.15) is 0 Å². The molecule has 1 aromatic carbocycles. The number of ether oxygens (including phenoxy) is 2. The van der Waals surface area contributed by atoms with Crippen LogP contribution in [0, 0.1) is 9.49 Å². The van der Waals surface area contributed by atoms with Gasteiger partial charge in [0.15, 0.2) is 5.75 Å². The van der Waals surface area contributed by atoms with E-state index in [1.165, 1.54) is 12.0 Å². The fraction of sp³-hybridized carbons (Fsp3) is 0.353. The van der Waals surface area contributed by atoms with E-state index in [9.17, 15) is 0 Å². The molecule has 2 aromatic rings. The predicted molar refractivity (Wildman–Crippen MR) is 104 cm³/mol. The van der Waals surface area contributed by atoms with Crippen molar-refractivity contribution in [1.29, 1.82) is 0 Å². The molecule has 0 bridgehead atoms. The van der Waals surface area contributed by atoms with E-state index in [0.29, 0.717) is 11.8 Å². The third-order valence-corrected chi connectivity index (χ3v) is 5.94. The van der Waals surface area contributed by atoms with Crippen LogP contribution in [0.25, 0.3) is 0 Å². The first-order chi connectivity index (χ1) is 11.1. The van der Waals surface area contributed by atoms with E-state index in [-0.39, 0.29) is 6.10 Å². The molecular weight excluding hydrogens is 492 g/mol. The molecule has 1 saturated carbocycles. The molecule has 1 fully saturated rings. The summed E-state index contributed by atoms with van der Waals surface area (Å²) >= 11 is 11.9. The number of halogens is 3. The van der Waals surface area contributed by atoms with Crippen LogP contribution >= 0.6 is 50.1 Å². The largest absolute Gasteiger partial charge is 0.487 e. The van der Waals surface area contributed by atoms with Gasteiger partial charge in [-0.15, -0.1) is 0 Å². The van der Waals surface area contributed by atoms with E-state index in [4.69, 9.17) is 21.1 Å². The van der Waals surface area contributed by atoms with E-state index in [1.54, 1.807) is 13.3 Å². The van der Waals surface area contributed by atoms with Crippen molar-refractivity contribution in [3.63, 3.8) is 0 Å². The fourth-order valence-corrected chi connectivity index (χ4v) is 4.04. The third kappa shape index (κ3) is 4.12. The van der Waals surface area contributed by atoms with Gasteiger partial charge in [0.05, 0.1) is 16.9 Å². The SMILES string of the molecule is COc1cc(I)c(O[C@@H]2CC[C@@H]2Cc2ccc(Cl)cc2Br)cn1. The molecule has 0 radical (unpaired) electrons. The Morgan fingerprint density at radius 3 is 2.78 bits per heavy atom. The zero-order valence-corrected chi connectivity index (χ0v) is 17.1. The Kier molecular flexibility index (Phi) is 5.69. The number of pyridine rings is 1. The quantitative estimate of drug-likeness (QED) is 0.499. The molecule has 122 valence electrons. The van der Waals surface area contributed by atoms with Gasteiger partial charge < -0.3 is 9.47 Å². The standard InChI is InChI=1S/C17H16BrClINO2/c1-22-17-8-14(20)16(9-21-17)23-15-5-3-11(15)6-10-2-4-12(19)7-13(10)18/h2,4,7-9,11,15H,3,5-6H2,1H3/t11-,15-/m1/s1. The van der Waals surface area contributed by atoms with Crippen LogP contribution in [-0.4, -0.2) is 18.2 Å². The number of hydrogen-bond acceptors (Lipinski definition) is 3. The highest BCUT2D eigenvalue weighted by Gasteiger charge is 2.33. The molecule has 6 heteroatoms. The van der Waals surface area contributed by atoms with Crippen molar-refractivity contribution < 1.29 is 9.47 Å². The normalized spacial score (nSPS) is 20.0. The Hall–Kier alpha value is -0.530. The molecule has 0 amide bonds. The van der Waals surface area contributed by atoms with Crippen LogP contribution in [-0.2, 0) is 6.42 Å². The summed E-state index contributed by atoms with van der Waals surface area (Å²) in [7, 11) is 1.62. The molecule has 0 N–H and O–H groups in total. The number of nitrogens with zero attached hydrogens (tertiary/aromatic N) is 1. The number of aromatic nitrogens is 1. The van der Waals surface area contributed by atoms with Gasteiger partial charge in [0.2, 0.25) is 5.88 Å². The highest BCUT2D eigenvalue weighted by atomic mass is 127. The maximum absolute atomic E-state index is 6.16. The summed E-state index contributed by atoms with van der Waals surface area (Å²) in [6.45, 7) is 0. The Morgan fingerprint density at radius 2 is 2.17 bits per heavy atom. The van der Waals surface area contributed by atoms with Crippen LogP contribution in [0.4, 0.5) is 0 Å². The number of hydrogen-bond donors (Lipinski definition) is 0. The first kappa shape index (κ1) is 17.3. The van der Waals surface area contributed by atoms with Gasteiger partial charge in [0.25, 0.3) is 0 Å². The van der Waals surface area contributed by atoms with Gasteiger partial charge in [-0.05, 0) is 59.5 Å². The zero-order valence-electron chi connectivity index (χ0n) is 12.6. The Balaban J connectivity index is 1.66. The summed E-state index contributed by atoms with van der Waals surface area (Å²) in [5.74, 6) is 1.96. The summed E-state index contributed by atoms with van der Waals surface area (Å²) in [5, 5.41) is 0.751. The van der Waals surface area contributed by atoms with Crippen LogP contribution in [0.3, 0.4) is 0 Å². The highest BCUT2D eigenvalue weighted by molar-refractivity contribution is 14.1. The molecule has 1 heterocycles. The molecule has 1 aromatic heterocycles. The molecule has 0 aliphatic heterocycles. The second kappa shape index (κ2) is 7.57. The lowest BCUT2D eigenvalue weighted by atomic mass is 9.78. The maximum atomic E-state index is 6.16. The number of rotatable bonds is 5. The summed E-state index contributed by atoms with van der Waals surface area (Å²) in [6, 6.07) is 7.86. The van der Waals surface area contributed by atoms with E-state index in [1.807, 2.05) is 18.2 Å². The highest BCUT2D eigenvalue weighted by Crippen LogP contribution is 2.37. The van der Waals surface area contributed by atoms with Gasteiger partial charge in [-0.1, -0.05) is 33.6 Å². The number of methoxy groups -OCH3 is 1. The maximum Gasteiger partial charge on any atom is 0.214 e. The fourth-order valence-electron chi connectivity index (χ4n) is 2.66. The molecule has 1 aliphatic rings. The van der Waals surface area contributed by atoms with Gasteiger partial charge in [0.1, 0.15) is 6.10 Å². The monoisotopic (exact) mass is 507 g/mol. The van der Waals surface area contributed by atoms with Crippen molar-refractivity contribution in [2.75, 3.05) is 7.11 Å². The van der Waals surface area contributed by atoms with Crippen LogP contribution in [0.2, 0.25) is 5.02 Å². The molecule has 1 aliphatic carbocycles. The molecule has 2 atom stereocenters. The van der Waals surface area contributed by atoms with Gasteiger partial charge in [-0.3, -0.25) is 0 Å². The van der Waals surface area contributed by atoms with Crippen molar-refractivity contribution >= 4 is 50.1 Å². The van der Waals surface area contributed by atoms with Crippen molar-refractivity contribution in [1.82, 2.24) is 4.98 Å². The van der Waals surface area contributed by atoms with Gasteiger partial charge in [-0.25, -0.2) is 4.98 Å². The molecule has 0 spiro atoms. The summed E-state index contributed by atoms with van der Waals surface area (Å²) in [6.07, 6.45) is 5.23. The molecular formula is C17H16BrClINO2. The summed E-state index contributed by atoms with van der Waals surface area (Å²) in [5.41, 5.74) is 1.27.